The number of amides is 3. The number of rotatable bonds is 5. The van der Waals surface area contributed by atoms with Gasteiger partial charge in [0.05, 0.1) is 13.7 Å². The third kappa shape index (κ3) is 5.03. The molecule has 0 saturated carbocycles. The molecule has 4 rings (SSSR count). The molecule has 0 aromatic heterocycles. The number of nitrogens with one attached hydrogen (secondary N) is 1. The van der Waals surface area contributed by atoms with Crippen molar-refractivity contribution in [1.29, 1.82) is 0 Å². The van der Waals surface area contributed by atoms with Crippen molar-refractivity contribution in [3.63, 3.8) is 0 Å². The number of hydrogen-bond acceptors (Lipinski definition) is 5. The van der Waals surface area contributed by atoms with Crippen LogP contribution in [0, 0.1) is 6.92 Å². The predicted molar refractivity (Wildman–Crippen MR) is 131 cm³/mol. The van der Waals surface area contributed by atoms with E-state index in [1.165, 1.54) is 0 Å². The van der Waals surface area contributed by atoms with Crippen molar-refractivity contribution in [3.05, 3.63) is 65.2 Å². The number of nitrogens with zero attached hydrogens (tertiary/aromatic N) is 2. The zero-order valence-electron chi connectivity index (χ0n) is 20.7. The Kier molecular flexibility index (Phi) is 7.12. The summed E-state index contributed by atoms with van der Waals surface area (Å²) in [6.07, 6.45) is 0.845. The lowest BCUT2D eigenvalue weighted by Gasteiger charge is -2.44. The molecule has 2 heterocycles. The molecule has 1 N–H and O–H groups in total. The lowest BCUT2D eigenvalue weighted by atomic mass is 9.95. The first-order valence-electron chi connectivity index (χ1n) is 12.0. The van der Waals surface area contributed by atoms with Crippen LogP contribution < -0.4 is 10.1 Å². The number of benzene rings is 2. The molecule has 1 spiro atoms. The van der Waals surface area contributed by atoms with E-state index >= 15 is 0 Å². The molecule has 2 aliphatic heterocycles. The van der Waals surface area contributed by atoms with E-state index in [0.717, 1.165) is 5.56 Å². The molecular weight excluding hydrogens is 446 g/mol. The normalized spacial score (nSPS) is 19.2. The third-order valence-corrected chi connectivity index (χ3v) is 6.63. The average molecular weight is 480 g/mol. The van der Waals surface area contributed by atoms with Gasteiger partial charge in [0.2, 0.25) is 5.91 Å². The van der Waals surface area contributed by atoms with Crippen molar-refractivity contribution in [3.8, 4) is 5.75 Å². The van der Waals surface area contributed by atoms with Crippen molar-refractivity contribution in [1.82, 2.24) is 15.1 Å². The Labute approximate surface area is 206 Å². The number of carbonyl (C=O) groups excluding carboxylic acids is 3. The second-order valence-corrected chi connectivity index (χ2v) is 9.51. The predicted octanol–water partition coefficient (Wildman–Crippen LogP) is 3.00. The van der Waals surface area contributed by atoms with Crippen LogP contribution in [0.3, 0.4) is 0 Å². The molecule has 186 valence electrons. The Balaban J connectivity index is 1.58. The maximum absolute atomic E-state index is 13.8. The van der Waals surface area contributed by atoms with Gasteiger partial charge in [-0.05, 0) is 51.1 Å². The fraction of sp³-hybridized carbons (Fsp3) is 0.444. The Morgan fingerprint density at radius 1 is 1.03 bits per heavy atom. The molecular formula is C27H33N3O5. The van der Waals surface area contributed by atoms with Gasteiger partial charge in [-0.15, -0.1) is 0 Å². The molecule has 2 saturated heterocycles. The van der Waals surface area contributed by atoms with Gasteiger partial charge < -0.3 is 19.7 Å². The number of hydrogen-bond donors (Lipinski definition) is 1. The Morgan fingerprint density at radius 2 is 1.69 bits per heavy atom. The maximum atomic E-state index is 13.8. The first-order chi connectivity index (χ1) is 16.7. The number of likely N-dealkylation sites (tertiary alicyclic amines) is 1. The molecule has 2 fully saturated rings. The van der Waals surface area contributed by atoms with Gasteiger partial charge in [-0.1, -0.05) is 23.8 Å². The van der Waals surface area contributed by atoms with Gasteiger partial charge in [0.25, 0.3) is 11.8 Å². The molecule has 0 bridgehead atoms. The summed E-state index contributed by atoms with van der Waals surface area (Å²) in [5, 5.41) is 2.92. The van der Waals surface area contributed by atoms with Crippen LogP contribution in [0.2, 0.25) is 0 Å². The van der Waals surface area contributed by atoms with Gasteiger partial charge in [0, 0.05) is 43.1 Å². The second kappa shape index (κ2) is 10.1. The van der Waals surface area contributed by atoms with Crippen molar-refractivity contribution in [2.24, 2.45) is 0 Å². The minimum absolute atomic E-state index is 0.0581. The monoisotopic (exact) mass is 479 g/mol. The van der Waals surface area contributed by atoms with Gasteiger partial charge >= 0.3 is 0 Å². The number of aryl methyl sites for hydroxylation is 1. The van der Waals surface area contributed by atoms with Crippen LogP contribution in [0.1, 0.15) is 53.0 Å². The molecule has 2 aromatic carbocycles. The van der Waals surface area contributed by atoms with E-state index in [1.807, 2.05) is 39.0 Å². The van der Waals surface area contributed by atoms with E-state index in [4.69, 9.17) is 9.47 Å². The summed E-state index contributed by atoms with van der Waals surface area (Å²) in [5.74, 6) is 0.0650. The fourth-order valence-corrected chi connectivity index (χ4v) is 4.86. The highest BCUT2D eigenvalue weighted by atomic mass is 16.5. The minimum Gasteiger partial charge on any atom is -0.497 e. The summed E-state index contributed by atoms with van der Waals surface area (Å²) in [6, 6.07) is 13.6. The van der Waals surface area contributed by atoms with E-state index in [1.54, 1.807) is 47.2 Å². The van der Waals surface area contributed by atoms with Crippen LogP contribution in [0.5, 0.6) is 5.75 Å². The average Bonchev–Trinajstić information content (AvgIpc) is 3.21. The largest absolute Gasteiger partial charge is 0.497 e. The van der Waals surface area contributed by atoms with Crippen molar-refractivity contribution < 1.29 is 23.9 Å². The number of ether oxygens (including phenoxy) is 2. The molecule has 1 unspecified atom stereocenters. The van der Waals surface area contributed by atoms with Gasteiger partial charge in [0.15, 0.2) is 0 Å². The van der Waals surface area contributed by atoms with Crippen LogP contribution in [-0.2, 0) is 9.53 Å². The molecule has 2 aliphatic rings. The molecule has 3 amide bonds. The number of methoxy groups -OCH3 is 1. The maximum Gasteiger partial charge on any atom is 0.256 e. The zero-order chi connectivity index (χ0) is 25.2. The summed E-state index contributed by atoms with van der Waals surface area (Å²) >= 11 is 0. The summed E-state index contributed by atoms with van der Waals surface area (Å²) in [5.41, 5.74) is 1.10. The van der Waals surface area contributed by atoms with Crippen molar-refractivity contribution >= 4 is 17.7 Å². The molecule has 0 aliphatic carbocycles. The molecule has 8 nitrogen and oxygen atoms in total. The minimum atomic E-state index is -0.940. The van der Waals surface area contributed by atoms with E-state index in [2.05, 4.69) is 5.32 Å². The van der Waals surface area contributed by atoms with E-state index in [9.17, 15) is 14.4 Å². The van der Waals surface area contributed by atoms with Gasteiger partial charge in [-0.2, -0.15) is 0 Å². The quantitative estimate of drug-likeness (QED) is 0.712. The SMILES string of the molecule is COc1cccc(C(=O)N2CCC3(CC2)OCC(C(=O)NC(C)C)N3C(=O)c2cccc(C)c2)c1. The summed E-state index contributed by atoms with van der Waals surface area (Å²) < 4.78 is 11.5. The van der Waals surface area contributed by atoms with Crippen LogP contribution in [0.4, 0.5) is 0 Å². The van der Waals surface area contributed by atoms with Crippen molar-refractivity contribution in [2.75, 3.05) is 26.8 Å². The molecule has 35 heavy (non-hydrogen) atoms. The topological polar surface area (TPSA) is 88.2 Å². The summed E-state index contributed by atoms with van der Waals surface area (Å²) in [4.78, 5) is 43.3. The second-order valence-electron chi connectivity index (χ2n) is 9.51. The van der Waals surface area contributed by atoms with E-state index in [0.29, 0.717) is 42.8 Å². The van der Waals surface area contributed by atoms with Crippen LogP contribution >= 0.6 is 0 Å². The van der Waals surface area contributed by atoms with Crippen LogP contribution in [-0.4, -0.2) is 72.1 Å². The first kappa shape index (κ1) is 24.7. The Bertz CT molecular complexity index is 1110. The van der Waals surface area contributed by atoms with Crippen LogP contribution in [0.25, 0.3) is 0 Å². The number of carbonyl (C=O) groups is 3. The van der Waals surface area contributed by atoms with Crippen molar-refractivity contribution in [2.45, 2.75) is 51.4 Å². The van der Waals surface area contributed by atoms with Gasteiger partial charge in [-0.3, -0.25) is 19.3 Å². The van der Waals surface area contributed by atoms with E-state index < -0.39 is 11.8 Å². The highest BCUT2D eigenvalue weighted by Crippen LogP contribution is 2.39. The van der Waals surface area contributed by atoms with Gasteiger partial charge in [0.1, 0.15) is 17.5 Å². The Hall–Kier alpha value is -3.39. The summed E-state index contributed by atoms with van der Waals surface area (Å²) in [6.45, 7) is 6.65. The summed E-state index contributed by atoms with van der Waals surface area (Å²) in [7, 11) is 1.57. The third-order valence-electron chi connectivity index (χ3n) is 6.63. The van der Waals surface area contributed by atoms with E-state index in [-0.39, 0.29) is 30.4 Å². The molecule has 0 radical (unpaired) electrons. The fourth-order valence-electron chi connectivity index (χ4n) is 4.86. The standard InChI is InChI=1S/C27H33N3O5/c1-18(2)28-24(31)23-17-35-27(30(23)26(33)20-8-5-7-19(3)15-20)11-13-29(14-12-27)25(32)21-9-6-10-22(16-21)34-4/h5-10,15-16,18,23H,11-14,17H2,1-4H3,(H,28,31). The Morgan fingerprint density at radius 3 is 2.31 bits per heavy atom. The van der Waals surface area contributed by atoms with Gasteiger partial charge in [-0.25, -0.2) is 0 Å². The molecule has 1 atom stereocenters. The lowest BCUT2D eigenvalue weighted by Crippen LogP contribution is -2.60. The lowest BCUT2D eigenvalue weighted by molar-refractivity contribution is -0.128. The first-order valence-corrected chi connectivity index (χ1v) is 12.0. The number of piperidine rings is 1. The highest BCUT2D eigenvalue weighted by molar-refractivity contribution is 5.99. The molecule has 2 aromatic rings. The highest BCUT2D eigenvalue weighted by Gasteiger charge is 2.54. The molecule has 8 heteroatoms. The smallest absolute Gasteiger partial charge is 0.256 e. The van der Waals surface area contributed by atoms with Crippen LogP contribution in [0.15, 0.2) is 48.5 Å². The zero-order valence-corrected chi connectivity index (χ0v) is 20.7.